The van der Waals surface area contributed by atoms with Gasteiger partial charge >= 0.3 is 5.97 Å². The van der Waals surface area contributed by atoms with E-state index in [9.17, 15) is 4.79 Å². The summed E-state index contributed by atoms with van der Waals surface area (Å²) in [6, 6.07) is 5.82. The van der Waals surface area contributed by atoms with E-state index in [0.717, 1.165) is 19.3 Å². The van der Waals surface area contributed by atoms with Crippen LogP contribution in [-0.2, 0) is 11.2 Å². The molecule has 1 aromatic rings. The quantitative estimate of drug-likeness (QED) is 0.776. The van der Waals surface area contributed by atoms with Gasteiger partial charge in [-0.25, -0.2) is 4.79 Å². The van der Waals surface area contributed by atoms with E-state index in [1.807, 2.05) is 25.1 Å². The second-order valence-corrected chi connectivity index (χ2v) is 4.13. The molecular formula is C13H17NO2. The summed E-state index contributed by atoms with van der Waals surface area (Å²) in [5, 5.41) is 0. The van der Waals surface area contributed by atoms with Crippen LogP contribution in [0.15, 0.2) is 18.2 Å². The first-order valence-corrected chi connectivity index (χ1v) is 5.78. The fourth-order valence-electron chi connectivity index (χ4n) is 2.19. The third kappa shape index (κ3) is 2.09. The van der Waals surface area contributed by atoms with Gasteiger partial charge in [0.2, 0.25) is 0 Å². The van der Waals surface area contributed by atoms with Crippen molar-refractivity contribution < 1.29 is 9.53 Å². The predicted octanol–water partition coefficient (Wildman–Crippen LogP) is 2.20. The summed E-state index contributed by atoms with van der Waals surface area (Å²) < 4.78 is 4.98. The highest BCUT2D eigenvalue weighted by molar-refractivity contribution is 5.89. The number of ether oxygens (including phenoxy) is 1. The van der Waals surface area contributed by atoms with Gasteiger partial charge in [-0.15, -0.1) is 0 Å². The molecule has 0 bridgehead atoms. The third-order valence-electron chi connectivity index (χ3n) is 3.01. The van der Waals surface area contributed by atoms with Crippen LogP contribution >= 0.6 is 0 Å². The normalized spacial score (nSPS) is 19.0. The van der Waals surface area contributed by atoms with E-state index in [2.05, 4.69) is 0 Å². The summed E-state index contributed by atoms with van der Waals surface area (Å²) >= 11 is 0. The zero-order chi connectivity index (χ0) is 11.5. The first kappa shape index (κ1) is 11.1. The number of nitrogens with two attached hydrogens (primary N) is 1. The van der Waals surface area contributed by atoms with E-state index >= 15 is 0 Å². The van der Waals surface area contributed by atoms with Crippen molar-refractivity contribution in [3.8, 4) is 0 Å². The summed E-state index contributed by atoms with van der Waals surface area (Å²) in [6.45, 7) is 2.22. The summed E-state index contributed by atoms with van der Waals surface area (Å²) in [5.74, 6) is -0.246. The van der Waals surface area contributed by atoms with Gasteiger partial charge in [-0.2, -0.15) is 0 Å². The molecule has 0 aliphatic heterocycles. The number of hydrogen-bond donors (Lipinski definition) is 1. The van der Waals surface area contributed by atoms with E-state index in [1.54, 1.807) is 0 Å². The molecule has 0 saturated carbocycles. The Labute approximate surface area is 95.6 Å². The van der Waals surface area contributed by atoms with Crippen molar-refractivity contribution in [3.05, 3.63) is 34.9 Å². The molecule has 16 heavy (non-hydrogen) atoms. The molecule has 0 aromatic heterocycles. The standard InChI is InChI=1S/C13H17NO2/c1-2-16-13(15)10-6-7-11-9(8-10)4-3-5-12(11)14/h6-8,12H,2-5,14H2,1H3. The number of carbonyl (C=O) groups is 1. The van der Waals surface area contributed by atoms with E-state index in [-0.39, 0.29) is 12.0 Å². The number of carbonyl (C=O) groups excluding carboxylic acids is 1. The average Bonchev–Trinajstić information content (AvgIpc) is 2.29. The van der Waals surface area contributed by atoms with Crippen molar-refractivity contribution in [2.24, 2.45) is 5.73 Å². The summed E-state index contributed by atoms with van der Waals surface area (Å²) in [6.07, 6.45) is 3.14. The lowest BCUT2D eigenvalue weighted by Gasteiger charge is -2.22. The predicted molar refractivity (Wildman–Crippen MR) is 62.3 cm³/mol. The highest BCUT2D eigenvalue weighted by atomic mass is 16.5. The van der Waals surface area contributed by atoms with Crippen LogP contribution in [0.3, 0.4) is 0 Å². The van der Waals surface area contributed by atoms with Gasteiger partial charge in [-0.3, -0.25) is 0 Å². The van der Waals surface area contributed by atoms with Crippen molar-refractivity contribution in [1.29, 1.82) is 0 Å². The Balaban J connectivity index is 2.28. The van der Waals surface area contributed by atoms with Gasteiger partial charge in [0.15, 0.2) is 0 Å². The van der Waals surface area contributed by atoms with E-state index in [4.69, 9.17) is 10.5 Å². The Bertz CT molecular complexity index is 401. The largest absolute Gasteiger partial charge is 0.462 e. The fraction of sp³-hybridized carbons (Fsp3) is 0.462. The highest BCUT2D eigenvalue weighted by Crippen LogP contribution is 2.28. The Kier molecular flexibility index (Phi) is 3.25. The minimum Gasteiger partial charge on any atom is -0.462 e. The molecule has 0 spiro atoms. The zero-order valence-electron chi connectivity index (χ0n) is 9.53. The van der Waals surface area contributed by atoms with Crippen molar-refractivity contribution in [2.45, 2.75) is 32.2 Å². The lowest BCUT2D eigenvalue weighted by atomic mass is 9.87. The van der Waals surface area contributed by atoms with Crippen LogP contribution < -0.4 is 5.73 Å². The number of rotatable bonds is 2. The summed E-state index contributed by atoms with van der Waals surface area (Å²) in [7, 11) is 0. The van der Waals surface area contributed by atoms with E-state index in [1.165, 1.54) is 11.1 Å². The Morgan fingerprint density at radius 1 is 1.56 bits per heavy atom. The molecule has 1 aliphatic carbocycles. The van der Waals surface area contributed by atoms with Crippen LogP contribution in [0.25, 0.3) is 0 Å². The molecule has 2 rings (SSSR count). The van der Waals surface area contributed by atoms with E-state index in [0.29, 0.717) is 12.2 Å². The molecule has 0 radical (unpaired) electrons. The molecule has 86 valence electrons. The zero-order valence-corrected chi connectivity index (χ0v) is 9.53. The molecule has 1 atom stereocenters. The lowest BCUT2D eigenvalue weighted by Crippen LogP contribution is -2.18. The molecule has 0 heterocycles. The van der Waals surface area contributed by atoms with Gasteiger partial charge in [-0.05, 0) is 49.4 Å². The van der Waals surface area contributed by atoms with Crippen LogP contribution in [0.1, 0.15) is 47.3 Å². The van der Waals surface area contributed by atoms with Crippen LogP contribution in [0.4, 0.5) is 0 Å². The fourth-order valence-corrected chi connectivity index (χ4v) is 2.19. The SMILES string of the molecule is CCOC(=O)c1ccc2c(c1)CCCC2N. The van der Waals surface area contributed by atoms with Crippen LogP contribution in [0.5, 0.6) is 0 Å². The van der Waals surface area contributed by atoms with E-state index < -0.39 is 0 Å². The molecule has 2 N–H and O–H groups in total. The van der Waals surface area contributed by atoms with Crippen LogP contribution in [0, 0.1) is 0 Å². The van der Waals surface area contributed by atoms with Crippen molar-refractivity contribution in [2.75, 3.05) is 6.61 Å². The number of hydrogen-bond acceptors (Lipinski definition) is 3. The van der Waals surface area contributed by atoms with Crippen molar-refractivity contribution >= 4 is 5.97 Å². The molecular weight excluding hydrogens is 202 g/mol. The Morgan fingerprint density at radius 2 is 2.38 bits per heavy atom. The number of aryl methyl sites for hydroxylation is 1. The van der Waals surface area contributed by atoms with Crippen molar-refractivity contribution in [1.82, 2.24) is 0 Å². The maximum absolute atomic E-state index is 11.6. The monoisotopic (exact) mass is 219 g/mol. The first-order valence-electron chi connectivity index (χ1n) is 5.78. The Morgan fingerprint density at radius 3 is 3.12 bits per heavy atom. The minimum absolute atomic E-state index is 0.125. The maximum Gasteiger partial charge on any atom is 0.338 e. The summed E-state index contributed by atoms with van der Waals surface area (Å²) in [5.41, 5.74) is 9.03. The van der Waals surface area contributed by atoms with Gasteiger partial charge < -0.3 is 10.5 Å². The van der Waals surface area contributed by atoms with Crippen LogP contribution in [-0.4, -0.2) is 12.6 Å². The molecule has 3 heteroatoms. The number of esters is 1. The highest BCUT2D eigenvalue weighted by Gasteiger charge is 2.18. The molecule has 1 aliphatic rings. The average molecular weight is 219 g/mol. The van der Waals surface area contributed by atoms with Gasteiger partial charge in [0, 0.05) is 6.04 Å². The molecule has 1 unspecified atom stereocenters. The van der Waals surface area contributed by atoms with Gasteiger partial charge in [0.1, 0.15) is 0 Å². The molecule has 0 saturated heterocycles. The first-order chi connectivity index (χ1) is 7.72. The second kappa shape index (κ2) is 4.66. The molecule has 1 aromatic carbocycles. The number of benzene rings is 1. The molecule has 3 nitrogen and oxygen atoms in total. The van der Waals surface area contributed by atoms with Gasteiger partial charge in [0.05, 0.1) is 12.2 Å². The Hall–Kier alpha value is -1.35. The van der Waals surface area contributed by atoms with Crippen molar-refractivity contribution in [3.63, 3.8) is 0 Å². The summed E-state index contributed by atoms with van der Waals surface area (Å²) in [4.78, 5) is 11.6. The number of fused-ring (bicyclic) bond motifs is 1. The maximum atomic E-state index is 11.6. The smallest absolute Gasteiger partial charge is 0.338 e. The van der Waals surface area contributed by atoms with Crippen LogP contribution in [0.2, 0.25) is 0 Å². The molecule has 0 fully saturated rings. The lowest BCUT2D eigenvalue weighted by molar-refractivity contribution is 0.0526. The third-order valence-corrected chi connectivity index (χ3v) is 3.01. The minimum atomic E-state index is -0.246. The second-order valence-electron chi connectivity index (χ2n) is 4.13. The van der Waals surface area contributed by atoms with Gasteiger partial charge in [-0.1, -0.05) is 6.07 Å². The molecule has 0 amide bonds. The topological polar surface area (TPSA) is 52.3 Å². The van der Waals surface area contributed by atoms with Gasteiger partial charge in [0.25, 0.3) is 0 Å².